The van der Waals surface area contributed by atoms with Gasteiger partial charge in [-0.15, -0.1) is 0 Å². The van der Waals surface area contributed by atoms with E-state index in [9.17, 15) is 23.3 Å². The molecule has 0 bridgehead atoms. The fraction of sp³-hybridized carbons (Fsp3) is 0.133. The molecular weight excluding hydrogens is 405 g/mol. The Kier molecular flexibility index (Phi) is 6.19. The Bertz CT molecular complexity index is 966. The van der Waals surface area contributed by atoms with Crippen molar-refractivity contribution in [3.05, 3.63) is 62.6 Å². The van der Waals surface area contributed by atoms with Gasteiger partial charge in [0.2, 0.25) is 15.9 Å². The minimum absolute atomic E-state index is 0.238. The van der Waals surface area contributed by atoms with E-state index in [0.29, 0.717) is 10.7 Å². The molecule has 0 fully saturated rings. The van der Waals surface area contributed by atoms with E-state index in [1.807, 2.05) is 0 Å². The van der Waals surface area contributed by atoms with Crippen molar-refractivity contribution in [2.24, 2.45) is 0 Å². The van der Waals surface area contributed by atoms with E-state index in [1.165, 1.54) is 43.4 Å². The maximum atomic E-state index is 12.5. The molecule has 138 valence electrons. The van der Waals surface area contributed by atoms with Crippen LogP contribution in [0.3, 0.4) is 0 Å². The van der Waals surface area contributed by atoms with E-state index >= 15 is 0 Å². The molecule has 2 aromatic carbocycles. The number of rotatable bonds is 6. The minimum atomic E-state index is -4.08. The number of benzene rings is 2. The van der Waals surface area contributed by atoms with Gasteiger partial charge < -0.3 is 5.32 Å². The summed E-state index contributed by atoms with van der Waals surface area (Å²) < 4.78 is 25.7. The number of nitrogens with one attached hydrogen (secondary N) is 1. The number of nitrogens with zero attached hydrogens (tertiary/aromatic N) is 2. The van der Waals surface area contributed by atoms with Crippen molar-refractivity contribution in [1.29, 1.82) is 0 Å². The fourth-order valence-corrected chi connectivity index (χ4v) is 3.46. The van der Waals surface area contributed by atoms with Crippen LogP contribution in [-0.4, -0.2) is 37.1 Å². The van der Waals surface area contributed by atoms with Crippen molar-refractivity contribution in [3.8, 4) is 0 Å². The maximum Gasteiger partial charge on any atom is 0.270 e. The van der Waals surface area contributed by atoms with Crippen molar-refractivity contribution >= 4 is 50.5 Å². The van der Waals surface area contributed by atoms with Crippen molar-refractivity contribution in [2.75, 3.05) is 18.9 Å². The Labute approximate surface area is 159 Å². The summed E-state index contributed by atoms with van der Waals surface area (Å²) in [4.78, 5) is 21.9. The number of nitro groups is 1. The first-order valence-corrected chi connectivity index (χ1v) is 9.26. The average molecular weight is 418 g/mol. The highest BCUT2D eigenvalue weighted by Crippen LogP contribution is 2.25. The Morgan fingerprint density at radius 2 is 1.88 bits per heavy atom. The molecule has 2 rings (SSSR count). The molecule has 0 radical (unpaired) electrons. The quantitative estimate of drug-likeness (QED) is 0.573. The zero-order chi connectivity index (χ0) is 19.5. The molecular formula is C15H13Cl2N3O5S. The molecule has 26 heavy (non-hydrogen) atoms. The SMILES string of the molecule is CN(CC(=O)Nc1ccc(Cl)c(Cl)c1)S(=O)(=O)c1cccc([N+](=O)[O-])c1. The molecule has 0 heterocycles. The third-order valence-electron chi connectivity index (χ3n) is 3.31. The van der Waals surface area contributed by atoms with E-state index in [2.05, 4.69) is 5.32 Å². The van der Waals surface area contributed by atoms with Gasteiger partial charge >= 0.3 is 0 Å². The van der Waals surface area contributed by atoms with Crippen LogP contribution in [-0.2, 0) is 14.8 Å². The lowest BCUT2D eigenvalue weighted by molar-refractivity contribution is -0.385. The van der Waals surface area contributed by atoms with Gasteiger partial charge in [-0.25, -0.2) is 8.42 Å². The summed E-state index contributed by atoms with van der Waals surface area (Å²) in [5.41, 5.74) is -0.00900. The summed E-state index contributed by atoms with van der Waals surface area (Å²) in [5.74, 6) is -0.611. The molecule has 0 aliphatic heterocycles. The van der Waals surface area contributed by atoms with Crippen LogP contribution in [0.25, 0.3) is 0 Å². The Morgan fingerprint density at radius 1 is 1.19 bits per heavy atom. The molecule has 0 spiro atoms. The molecule has 0 aliphatic carbocycles. The van der Waals surface area contributed by atoms with E-state index in [-0.39, 0.29) is 15.6 Å². The second-order valence-corrected chi connectivity index (χ2v) is 8.05. The smallest absolute Gasteiger partial charge is 0.270 e. The van der Waals surface area contributed by atoms with Crippen LogP contribution in [0.1, 0.15) is 0 Å². The standard InChI is InChI=1S/C15H13Cl2N3O5S/c1-19(9-15(21)18-10-5-6-13(16)14(17)7-10)26(24,25)12-4-2-3-11(8-12)20(22)23/h2-8H,9H2,1H3,(H,18,21). The number of hydrogen-bond donors (Lipinski definition) is 1. The number of non-ortho nitro benzene ring substituents is 1. The van der Waals surface area contributed by atoms with Gasteiger partial charge in [0.25, 0.3) is 5.69 Å². The summed E-state index contributed by atoms with van der Waals surface area (Å²) in [6.45, 7) is -0.495. The highest BCUT2D eigenvalue weighted by atomic mass is 35.5. The van der Waals surface area contributed by atoms with Crippen molar-refractivity contribution in [3.63, 3.8) is 0 Å². The number of likely N-dealkylation sites (N-methyl/N-ethyl adjacent to an activating group) is 1. The predicted octanol–water partition coefficient (Wildman–Crippen LogP) is 3.16. The van der Waals surface area contributed by atoms with E-state index in [0.717, 1.165) is 10.4 Å². The highest BCUT2D eigenvalue weighted by molar-refractivity contribution is 7.89. The zero-order valence-electron chi connectivity index (χ0n) is 13.3. The summed E-state index contributed by atoms with van der Waals surface area (Å²) in [6.07, 6.45) is 0. The molecule has 8 nitrogen and oxygen atoms in total. The normalized spacial score (nSPS) is 11.4. The molecule has 0 saturated heterocycles. The summed E-state index contributed by atoms with van der Waals surface area (Å²) in [5, 5.41) is 13.8. The van der Waals surface area contributed by atoms with Crippen molar-refractivity contribution in [2.45, 2.75) is 4.90 Å². The molecule has 0 unspecified atom stereocenters. The van der Waals surface area contributed by atoms with Crippen LogP contribution in [0.2, 0.25) is 10.0 Å². The van der Waals surface area contributed by atoms with Crippen LogP contribution in [0.5, 0.6) is 0 Å². The number of amides is 1. The first kappa shape index (κ1) is 20.1. The lowest BCUT2D eigenvalue weighted by Crippen LogP contribution is -2.35. The Hall–Kier alpha value is -2.20. The largest absolute Gasteiger partial charge is 0.325 e. The number of sulfonamides is 1. The molecule has 11 heteroatoms. The zero-order valence-corrected chi connectivity index (χ0v) is 15.7. The van der Waals surface area contributed by atoms with Gasteiger partial charge in [-0.1, -0.05) is 29.3 Å². The van der Waals surface area contributed by atoms with E-state index in [4.69, 9.17) is 23.2 Å². The van der Waals surface area contributed by atoms with Gasteiger partial charge in [-0.05, 0) is 24.3 Å². The monoisotopic (exact) mass is 417 g/mol. The molecule has 0 aliphatic rings. The van der Waals surface area contributed by atoms with Gasteiger partial charge in [0, 0.05) is 24.9 Å². The fourth-order valence-electron chi connectivity index (χ4n) is 2.00. The molecule has 0 saturated carbocycles. The van der Waals surface area contributed by atoms with E-state index in [1.54, 1.807) is 0 Å². The molecule has 1 N–H and O–H groups in total. The van der Waals surface area contributed by atoms with Gasteiger partial charge in [0.05, 0.1) is 26.4 Å². The first-order valence-electron chi connectivity index (χ1n) is 7.07. The topological polar surface area (TPSA) is 110 Å². The maximum absolute atomic E-state index is 12.5. The van der Waals surface area contributed by atoms with Gasteiger partial charge in [0.15, 0.2) is 0 Å². The average Bonchev–Trinajstić information content (AvgIpc) is 2.58. The number of halogens is 2. The number of nitro benzene ring substituents is 1. The summed E-state index contributed by atoms with van der Waals surface area (Å²) in [6, 6.07) is 9.02. The van der Waals surface area contributed by atoms with Crippen molar-refractivity contribution in [1.82, 2.24) is 4.31 Å². The number of carbonyl (C=O) groups is 1. The molecule has 2 aromatic rings. The van der Waals surface area contributed by atoms with Crippen molar-refractivity contribution < 1.29 is 18.1 Å². The van der Waals surface area contributed by atoms with Gasteiger partial charge in [0.1, 0.15) is 0 Å². The summed E-state index contributed by atoms with van der Waals surface area (Å²) >= 11 is 11.6. The summed E-state index contributed by atoms with van der Waals surface area (Å²) in [7, 11) is -2.88. The molecule has 1 amide bonds. The predicted molar refractivity (Wildman–Crippen MR) is 98.0 cm³/mol. The molecule has 0 aromatic heterocycles. The number of carbonyl (C=O) groups excluding carboxylic acids is 1. The van der Waals surface area contributed by atoms with Crippen LogP contribution >= 0.6 is 23.2 Å². The highest BCUT2D eigenvalue weighted by Gasteiger charge is 2.24. The number of anilines is 1. The second kappa shape index (κ2) is 8.00. The second-order valence-electron chi connectivity index (χ2n) is 5.19. The molecule has 0 atom stereocenters. The Morgan fingerprint density at radius 3 is 2.50 bits per heavy atom. The van der Waals surface area contributed by atoms with Crippen LogP contribution in [0.15, 0.2) is 47.4 Å². The number of hydrogen-bond acceptors (Lipinski definition) is 5. The minimum Gasteiger partial charge on any atom is -0.325 e. The van der Waals surface area contributed by atoms with Gasteiger partial charge in [-0.2, -0.15) is 4.31 Å². The first-order chi connectivity index (χ1) is 12.1. The lowest BCUT2D eigenvalue weighted by Gasteiger charge is -2.17. The third-order valence-corrected chi connectivity index (χ3v) is 5.84. The van der Waals surface area contributed by atoms with Crippen LogP contribution in [0.4, 0.5) is 11.4 Å². The third kappa shape index (κ3) is 4.70. The Balaban J connectivity index is 2.13. The van der Waals surface area contributed by atoms with E-state index < -0.39 is 27.4 Å². The van der Waals surface area contributed by atoms with Gasteiger partial charge in [-0.3, -0.25) is 14.9 Å². The lowest BCUT2D eigenvalue weighted by atomic mass is 10.3. The van der Waals surface area contributed by atoms with Crippen LogP contribution in [0, 0.1) is 10.1 Å². The van der Waals surface area contributed by atoms with Crippen LogP contribution < -0.4 is 5.32 Å².